The van der Waals surface area contributed by atoms with Gasteiger partial charge in [-0.05, 0) is 18.5 Å². The molecule has 0 radical (unpaired) electrons. The lowest BCUT2D eigenvalue weighted by Gasteiger charge is -1.89. The molecule has 1 nitrogen and oxygen atoms in total. The molecule has 1 aromatic carbocycles. The third kappa shape index (κ3) is 3.01. The van der Waals surface area contributed by atoms with Crippen molar-refractivity contribution in [2.24, 2.45) is 5.73 Å². The van der Waals surface area contributed by atoms with Gasteiger partial charge < -0.3 is 5.73 Å². The van der Waals surface area contributed by atoms with Crippen LogP contribution in [0.3, 0.4) is 0 Å². The molecule has 0 aliphatic rings. The Labute approximate surface area is 67.5 Å². The maximum Gasteiger partial charge on any atom is -0.00425 e. The average molecular weight is 147 g/mol. The Morgan fingerprint density at radius 3 is 2.55 bits per heavy atom. The first-order valence-electron chi connectivity index (χ1n) is 3.85. The second kappa shape index (κ2) is 4.69. The molecular weight excluding hydrogens is 134 g/mol. The van der Waals surface area contributed by atoms with Gasteiger partial charge in [0.1, 0.15) is 0 Å². The molecule has 0 heterocycles. The van der Waals surface area contributed by atoms with Gasteiger partial charge in [-0.1, -0.05) is 42.5 Å². The molecule has 0 amide bonds. The molecule has 0 aliphatic carbocycles. The Morgan fingerprint density at radius 1 is 1.18 bits per heavy atom. The molecule has 1 aromatic rings. The number of hydrogen-bond donors (Lipinski definition) is 1. The molecule has 0 fully saturated rings. The van der Waals surface area contributed by atoms with Crippen molar-refractivity contribution in [3.63, 3.8) is 0 Å². The summed E-state index contributed by atoms with van der Waals surface area (Å²) in [7, 11) is 0. The van der Waals surface area contributed by atoms with E-state index < -0.39 is 0 Å². The van der Waals surface area contributed by atoms with Gasteiger partial charge in [0.25, 0.3) is 0 Å². The van der Waals surface area contributed by atoms with Crippen LogP contribution in [0.5, 0.6) is 0 Å². The lowest BCUT2D eigenvalue weighted by molar-refractivity contribution is 1.01. The molecule has 0 aromatic heterocycles. The quantitative estimate of drug-likeness (QED) is 0.695. The summed E-state index contributed by atoms with van der Waals surface area (Å²) in [5, 5.41) is 0. The molecule has 58 valence electrons. The highest BCUT2D eigenvalue weighted by molar-refractivity contribution is 5.48. The van der Waals surface area contributed by atoms with Gasteiger partial charge >= 0.3 is 0 Å². The fraction of sp³-hybridized carbons (Fsp3) is 0.200. The van der Waals surface area contributed by atoms with Crippen LogP contribution >= 0.6 is 0 Å². The molecule has 0 saturated carbocycles. The summed E-state index contributed by atoms with van der Waals surface area (Å²) in [6, 6.07) is 10.2. The van der Waals surface area contributed by atoms with E-state index in [4.69, 9.17) is 5.73 Å². The van der Waals surface area contributed by atoms with Gasteiger partial charge in [-0.15, -0.1) is 0 Å². The van der Waals surface area contributed by atoms with E-state index >= 15 is 0 Å². The molecule has 0 bridgehead atoms. The highest BCUT2D eigenvalue weighted by atomic mass is 14.5. The maximum absolute atomic E-state index is 5.34. The van der Waals surface area contributed by atoms with E-state index in [2.05, 4.69) is 24.3 Å². The number of nitrogens with two attached hydrogens (primary N) is 1. The summed E-state index contributed by atoms with van der Waals surface area (Å²) in [4.78, 5) is 0. The maximum atomic E-state index is 5.34. The zero-order valence-electron chi connectivity index (χ0n) is 6.53. The van der Waals surface area contributed by atoms with E-state index in [1.165, 1.54) is 5.56 Å². The van der Waals surface area contributed by atoms with Crippen LogP contribution in [0.2, 0.25) is 0 Å². The zero-order valence-corrected chi connectivity index (χ0v) is 6.53. The zero-order chi connectivity index (χ0) is 7.94. The molecule has 0 aliphatic heterocycles. The van der Waals surface area contributed by atoms with Crippen molar-refractivity contribution in [1.82, 2.24) is 0 Å². The van der Waals surface area contributed by atoms with Crippen LogP contribution in [0.1, 0.15) is 12.0 Å². The number of benzene rings is 1. The van der Waals surface area contributed by atoms with Crippen LogP contribution in [0.15, 0.2) is 36.4 Å². The average Bonchev–Trinajstić information content (AvgIpc) is 2.07. The SMILES string of the molecule is NCC/C=C/c1ccccc1. The van der Waals surface area contributed by atoms with E-state index in [-0.39, 0.29) is 0 Å². The normalized spacial score (nSPS) is 10.6. The first-order chi connectivity index (χ1) is 5.43. The van der Waals surface area contributed by atoms with Crippen molar-refractivity contribution < 1.29 is 0 Å². The van der Waals surface area contributed by atoms with Crippen LogP contribution in [0, 0.1) is 0 Å². The monoisotopic (exact) mass is 147 g/mol. The second-order valence-corrected chi connectivity index (χ2v) is 2.39. The predicted octanol–water partition coefficient (Wildman–Crippen LogP) is 2.05. The van der Waals surface area contributed by atoms with Gasteiger partial charge in [0, 0.05) is 0 Å². The fourth-order valence-electron chi connectivity index (χ4n) is 0.880. The van der Waals surface area contributed by atoms with Gasteiger partial charge in [-0.2, -0.15) is 0 Å². The van der Waals surface area contributed by atoms with Gasteiger partial charge in [-0.25, -0.2) is 0 Å². The van der Waals surface area contributed by atoms with Crippen LogP contribution in [0.4, 0.5) is 0 Å². The van der Waals surface area contributed by atoms with Crippen molar-refractivity contribution in [2.75, 3.05) is 6.54 Å². The summed E-state index contributed by atoms with van der Waals surface area (Å²) >= 11 is 0. The topological polar surface area (TPSA) is 26.0 Å². The summed E-state index contributed by atoms with van der Waals surface area (Å²) in [5.74, 6) is 0. The lowest BCUT2D eigenvalue weighted by atomic mass is 10.2. The van der Waals surface area contributed by atoms with Gasteiger partial charge in [0.2, 0.25) is 0 Å². The molecule has 11 heavy (non-hydrogen) atoms. The van der Waals surface area contributed by atoms with E-state index in [1.807, 2.05) is 18.2 Å². The Bertz CT molecular complexity index is 214. The third-order valence-electron chi connectivity index (χ3n) is 1.44. The Kier molecular flexibility index (Phi) is 3.42. The highest BCUT2D eigenvalue weighted by Gasteiger charge is 1.80. The Hall–Kier alpha value is -1.08. The molecule has 1 heteroatoms. The third-order valence-corrected chi connectivity index (χ3v) is 1.44. The van der Waals surface area contributed by atoms with Gasteiger partial charge in [0.05, 0.1) is 0 Å². The summed E-state index contributed by atoms with van der Waals surface area (Å²) in [5.41, 5.74) is 6.58. The van der Waals surface area contributed by atoms with Crippen molar-refractivity contribution in [3.05, 3.63) is 42.0 Å². The second-order valence-electron chi connectivity index (χ2n) is 2.39. The summed E-state index contributed by atoms with van der Waals surface area (Å²) < 4.78 is 0. The van der Waals surface area contributed by atoms with Crippen LogP contribution in [-0.2, 0) is 0 Å². The van der Waals surface area contributed by atoms with Crippen molar-refractivity contribution in [2.45, 2.75) is 6.42 Å². The molecule has 0 atom stereocenters. The molecule has 2 N–H and O–H groups in total. The van der Waals surface area contributed by atoms with E-state index in [0.717, 1.165) is 13.0 Å². The van der Waals surface area contributed by atoms with Crippen molar-refractivity contribution in [3.8, 4) is 0 Å². The highest BCUT2D eigenvalue weighted by Crippen LogP contribution is 2.00. The molecule has 0 spiro atoms. The fourth-order valence-corrected chi connectivity index (χ4v) is 0.880. The van der Waals surface area contributed by atoms with Crippen LogP contribution in [0.25, 0.3) is 6.08 Å². The van der Waals surface area contributed by atoms with E-state index in [0.29, 0.717) is 0 Å². The van der Waals surface area contributed by atoms with E-state index in [9.17, 15) is 0 Å². The molecule has 0 unspecified atom stereocenters. The molecule has 1 rings (SSSR count). The van der Waals surface area contributed by atoms with Crippen molar-refractivity contribution in [1.29, 1.82) is 0 Å². The van der Waals surface area contributed by atoms with Gasteiger partial charge in [-0.3, -0.25) is 0 Å². The smallest absolute Gasteiger partial charge is 0.00425 e. The van der Waals surface area contributed by atoms with Crippen LogP contribution in [-0.4, -0.2) is 6.54 Å². The first kappa shape index (κ1) is 8.02. The Balaban J connectivity index is 2.50. The lowest BCUT2D eigenvalue weighted by Crippen LogP contribution is -1.94. The van der Waals surface area contributed by atoms with E-state index in [1.54, 1.807) is 0 Å². The minimum Gasteiger partial charge on any atom is -0.330 e. The largest absolute Gasteiger partial charge is 0.330 e. The first-order valence-corrected chi connectivity index (χ1v) is 3.85. The van der Waals surface area contributed by atoms with Crippen molar-refractivity contribution >= 4 is 6.08 Å². The molecular formula is C10H13N. The predicted molar refractivity (Wildman–Crippen MR) is 49.1 cm³/mol. The summed E-state index contributed by atoms with van der Waals surface area (Å²) in [6.45, 7) is 0.726. The Morgan fingerprint density at radius 2 is 1.91 bits per heavy atom. The number of rotatable bonds is 3. The number of hydrogen-bond acceptors (Lipinski definition) is 1. The minimum absolute atomic E-state index is 0.726. The molecule has 0 saturated heterocycles. The summed E-state index contributed by atoms with van der Waals surface area (Å²) in [6.07, 6.45) is 5.14. The van der Waals surface area contributed by atoms with Gasteiger partial charge in [0.15, 0.2) is 0 Å². The standard InChI is InChI=1S/C10H13N/c11-9-5-4-8-10-6-2-1-3-7-10/h1-4,6-8H,5,9,11H2/b8-4+. The minimum atomic E-state index is 0.726. The van der Waals surface area contributed by atoms with Crippen LogP contribution < -0.4 is 5.73 Å².